The van der Waals surface area contributed by atoms with Gasteiger partial charge in [0, 0.05) is 18.0 Å². The highest BCUT2D eigenvalue weighted by atomic mass is 35.5. The first-order valence-electron chi connectivity index (χ1n) is 9.75. The van der Waals surface area contributed by atoms with E-state index in [9.17, 15) is 14.4 Å². The molecule has 2 amide bonds. The lowest BCUT2D eigenvalue weighted by Gasteiger charge is -2.34. The molecule has 1 aliphatic rings. The number of amides is 2. The van der Waals surface area contributed by atoms with Gasteiger partial charge in [0.15, 0.2) is 12.4 Å². The third-order valence-electron chi connectivity index (χ3n) is 5.06. The average Bonchev–Trinajstić information content (AvgIpc) is 3.33. The van der Waals surface area contributed by atoms with Crippen molar-refractivity contribution in [3.05, 3.63) is 87.8 Å². The van der Waals surface area contributed by atoms with E-state index in [4.69, 9.17) is 32.4 Å². The summed E-state index contributed by atoms with van der Waals surface area (Å²) in [7, 11) is 0. The van der Waals surface area contributed by atoms with E-state index in [1.54, 1.807) is 18.2 Å². The van der Waals surface area contributed by atoms with Crippen molar-refractivity contribution < 1.29 is 23.5 Å². The van der Waals surface area contributed by atoms with Gasteiger partial charge >= 0.3 is 5.97 Å². The molecule has 0 aliphatic carbocycles. The molecule has 1 atom stereocenters. The number of hydrogen-bond acceptors (Lipinski definition) is 5. The van der Waals surface area contributed by atoms with Gasteiger partial charge in [-0.05, 0) is 41.5 Å². The minimum atomic E-state index is -0.898. The van der Waals surface area contributed by atoms with Crippen molar-refractivity contribution in [2.75, 3.05) is 11.9 Å². The number of benzene rings is 2. The monoisotopic (exact) mass is 472 g/mol. The maximum atomic E-state index is 13.0. The van der Waals surface area contributed by atoms with Gasteiger partial charge in [0.2, 0.25) is 0 Å². The normalized spacial score (nSPS) is 15.1. The second kappa shape index (κ2) is 9.46. The van der Waals surface area contributed by atoms with Crippen molar-refractivity contribution in [1.82, 2.24) is 4.90 Å². The van der Waals surface area contributed by atoms with Crippen molar-refractivity contribution in [1.29, 1.82) is 0 Å². The molecule has 9 heteroatoms. The molecule has 0 saturated carbocycles. The Morgan fingerprint density at radius 3 is 2.59 bits per heavy atom. The maximum absolute atomic E-state index is 13.0. The molecule has 0 radical (unpaired) electrons. The molecule has 2 heterocycles. The van der Waals surface area contributed by atoms with Crippen LogP contribution in [0.2, 0.25) is 10.0 Å². The first-order valence-corrected chi connectivity index (χ1v) is 10.5. The second-order valence-corrected chi connectivity index (χ2v) is 8.02. The minimum absolute atomic E-state index is 0.121. The average molecular weight is 473 g/mol. The summed E-state index contributed by atoms with van der Waals surface area (Å²) in [5.41, 5.74) is 2.18. The van der Waals surface area contributed by atoms with Crippen LogP contribution in [0.5, 0.6) is 0 Å². The first-order chi connectivity index (χ1) is 15.4. The summed E-state index contributed by atoms with van der Waals surface area (Å²) in [5, 5.41) is 3.25. The van der Waals surface area contributed by atoms with Crippen molar-refractivity contribution in [2.45, 2.75) is 19.0 Å². The van der Waals surface area contributed by atoms with E-state index in [-0.39, 0.29) is 18.7 Å². The summed E-state index contributed by atoms with van der Waals surface area (Å²) < 4.78 is 10.5. The zero-order valence-electron chi connectivity index (χ0n) is 16.7. The predicted octanol–water partition coefficient (Wildman–Crippen LogP) is 4.34. The number of nitrogens with zero attached hydrogens (tertiary/aromatic N) is 1. The third-order valence-corrected chi connectivity index (χ3v) is 5.63. The maximum Gasteiger partial charge on any atom is 0.329 e. The smallest absolute Gasteiger partial charge is 0.329 e. The van der Waals surface area contributed by atoms with Crippen LogP contribution in [0.1, 0.15) is 21.7 Å². The molecule has 7 nitrogen and oxygen atoms in total. The van der Waals surface area contributed by atoms with Crippen LogP contribution in [0.25, 0.3) is 0 Å². The summed E-state index contributed by atoms with van der Waals surface area (Å²) in [5.74, 6) is -1.58. The van der Waals surface area contributed by atoms with E-state index < -0.39 is 30.4 Å². The molecule has 164 valence electrons. The molecule has 1 aliphatic heterocycles. The van der Waals surface area contributed by atoms with Gasteiger partial charge in [-0.3, -0.25) is 9.59 Å². The zero-order chi connectivity index (χ0) is 22.7. The summed E-state index contributed by atoms with van der Waals surface area (Å²) in [6.45, 7) is -0.317. The first kappa shape index (κ1) is 21.9. The molecule has 4 rings (SSSR count). The zero-order valence-corrected chi connectivity index (χ0v) is 18.2. The molecule has 0 spiro atoms. The lowest BCUT2D eigenvalue weighted by molar-refractivity contribution is -0.152. The van der Waals surface area contributed by atoms with Crippen molar-refractivity contribution in [3.63, 3.8) is 0 Å². The third kappa shape index (κ3) is 4.79. The Kier molecular flexibility index (Phi) is 6.48. The van der Waals surface area contributed by atoms with E-state index in [1.165, 1.54) is 23.3 Å². The minimum Gasteiger partial charge on any atom is -0.459 e. The highest BCUT2D eigenvalue weighted by Gasteiger charge is 2.37. The molecule has 0 unspecified atom stereocenters. The summed E-state index contributed by atoms with van der Waals surface area (Å²) in [6.07, 6.45) is 1.66. The molecule has 0 bridgehead atoms. The van der Waals surface area contributed by atoms with Gasteiger partial charge in [0.05, 0.1) is 17.0 Å². The molecular weight excluding hydrogens is 455 g/mol. The molecule has 0 fully saturated rings. The molecule has 1 N–H and O–H groups in total. The van der Waals surface area contributed by atoms with Crippen LogP contribution < -0.4 is 5.32 Å². The van der Waals surface area contributed by atoms with Gasteiger partial charge in [0.1, 0.15) is 6.04 Å². The highest BCUT2D eigenvalue weighted by Crippen LogP contribution is 2.27. The van der Waals surface area contributed by atoms with Crippen LogP contribution in [-0.4, -0.2) is 35.3 Å². The van der Waals surface area contributed by atoms with Crippen LogP contribution in [0.15, 0.2) is 65.3 Å². The van der Waals surface area contributed by atoms with E-state index in [1.807, 2.05) is 24.3 Å². The van der Waals surface area contributed by atoms with Crippen LogP contribution in [0.4, 0.5) is 5.69 Å². The number of rotatable bonds is 5. The Bertz CT molecular complexity index is 1160. The van der Waals surface area contributed by atoms with Crippen molar-refractivity contribution in [3.8, 4) is 0 Å². The van der Waals surface area contributed by atoms with Gasteiger partial charge in [-0.15, -0.1) is 0 Å². The van der Waals surface area contributed by atoms with E-state index in [0.29, 0.717) is 15.7 Å². The van der Waals surface area contributed by atoms with Crippen LogP contribution >= 0.6 is 23.2 Å². The van der Waals surface area contributed by atoms with Gasteiger partial charge in [-0.2, -0.15) is 0 Å². The van der Waals surface area contributed by atoms with Crippen LogP contribution in [-0.2, 0) is 27.3 Å². The Morgan fingerprint density at radius 1 is 1.06 bits per heavy atom. The molecule has 2 aromatic carbocycles. The molecule has 3 aromatic rings. The van der Waals surface area contributed by atoms with Crippen molar-refractivity contribution in [2.24, 2.45) is 0 Å². The van der Waals surface area contributed by atoms with E-state index in [0.717, 1.165) is 11.1 Å². The topological polar surface area (TPSA) is 88.9 Å². The number of fused-ring (bicyclic) bond motifs is 1. The standard InChI is InChI=1S/C23H18Cl2N2O5/c24-16-7-8-17(25)18(11-16)26-21(28)13-32-23(30)19-10-14-4-1-2-5-15(14)12-27(19)22(29)20-6-3-9-31-20/h1-9,11,19H,10,12-13H2,(H,26,28)/t19-/m0/s1. The summed E-state index contributed by atoms with van der Waals surface area (Å²) >= 11 is 12.0. The number of nitrogens with one attached hydrogen (secondary N) is 1. The fraction of sp³-hybridized carbons (Fsp3) is 0.174. The van der Waals surface area contributed by atoms with Gasteiger partial charge in [0.25, 0.3) is 11.8 Å². The summed E-state index contributed by atoms with van der Waals surface area (Å²) in [4.78, 5) is 39.5. The van der Waals surface area contributed by atoms with Crippen LogP contribution in [0.3, 0.4) is 0 Å². The van der Waals surface area contributed by atoms with E-state index in [2.05, 4.69) is 5.32 Å². The molecule has 1 aromatic heterocycles. The molecule has 32 heavy (non-hydrogen) atoms. The lowest BCUT2D eigenvalue weighted by Crippen LogP contribution is -2.49. The Labute approximate surface area is 193 Å². The molecular formula is C23H18Cl2N2O5. The number of hydrogen-bond donors (Lipinski definition) is 1. The number of carbonyl (C=O) groups is 3. The fourth-order valence-electron chi connectivity index (χ4n) is 3.50. The Hall–Kier alpha value is -3.29. The SMILES string of the molecule is O=C(COC(=O)[C@@H]1Cc2ccccc2CN1C(=O)c1ccco1)Nc1cc(Cl)ccc1Cl. The molecule has 0 saturated heterocycles. The quantitative estimate of drug-likeness (QED) is 0.558. The fourth-order valence-corrected chi connectivity index (χ4v) is 3.84. The number of furan rings is 1. The van der Waals surface area contributed by atoms with Gasteiger partial charge in [-0.25, -0.2) is 4.79 Å². The van der Waals surface area contributed by atoms with Crippen molar-refractivity contribution >= 4 is 46.7 Å². The number of anilines is 1. The Balaban J connectivity index is 1.47. The number of halogens is 2. The number of carbonyl (C=O) groups excluding carboxylic acids is 3. The van der Waals surface area contributed by atoms with Crippen LogP contribution in [0, 0.1) is 0 Å². The number of ether oxygens (including phenoxy) is 1. The van der Waals surface area contributed by atoms with E-state index >= 15 is 0 Å². The summed E-state index contributed by atoms with van der Waals surface area (Å²) in [6, 6.07) is 14.4. The Morgan fingerprint density at radius 2 is 1.84 bits per heavy atom. The lowest BCUT2D eigenvalue weighted by atomic mass is 9.93. The predicted molar refractivity (Wildman–Crippen MR) is 119 cm³/mol. The second-order valence-electron chi connectivity index (χ2n) is 7.18. The number of esters is 1. The highest BCUT2D eigenvalue weighted by molar-refractivity contribution is 6.35. The van der Waals surface area contributed by atoms with Gasteiger partial charge < -0.3 is 19.4 Å². The van der Waals surface area contributed by atoms with Gasteiger partial charge in [-0.1, -0.05) is 47.5 Å². The largest absolute Gasteiger partial charge is 0.459 e.